The maximum absolute atomic E-state index is 13.4. The molecule has 138 valence electrons. The Bertz CT molecular complexity index is 792. The van der Waals surface area contributed by atoms with Crippen LogP contribution in [0.25, 0.3) is 0 Å². The van der Waals surface area contributed by atoms with E-state index in [9.17, 15) is 14.7 Å². The zero-order chi connectivity index (χ0) is 18.5. The molecule has 1 aromatic carbocycles. The second-order valence-corrected chi connectivity index (χ2v) is 8.65. The van der Waals surface area contributed by atoms with E-state index in [1.807, 2.05) is 23.1 Å². The van der Waals surface area contributed by atoms with E-state index in [-0.39, 0.29) is 11.3 Å². The van der Waals surface area contributed by atoms with E-state index in [0.717, 1.165) is 31.4 Å². The molecule has 1 N–H and O–H groups in total. The van der Waals surface area contributed by atoms with Gasteiger partial charge in [-0.1, -0.05) is 43.2 Å². The molecule has 4 rings (SSSR count). The quantitative estimate of drug-likeness (QED) is 0.811. The summed E-state index contributed by atoms with van der Waals surface area (Å²) >= 11 is 0. The normalized spacial score (nSPS) is 27.1. The number of fused-ring (bicyclic) bond motifs is 1. The second-order valence-electron chi connectivity index (χ2n) is 8.65. The summed E-state index contributed by atoms with van der Waals surface area (Å²) < 4.78 is 0. The zero-order valence-electron chi connectivity index (χ0n) is 15.6. The van der Waals surface area contributed by atoms with Crippen LogP contribution in [0.4, 0.5) is 5.69 Å². The third kappa shape index (κ3) is 2.76. The molecule has 1 amide bonds. The van der Waals surface area contributed by atoms with E-state index in [0.29, 0.717) is 19.4 Å². The molecule has 1 aromatic rings. The first-order valence-corrected chi connectivity index (χ1v) is 9.72. The molecule has 2 atom stereocenters. The third-order valence-electron chi connectivity index (χ3n) is 6.69. The average Bonchev–Trinajstić information content (AvgIpc) is 3.04. The lowest BCUT2D eigenvalue weighted by atomic mass is 9.63. The SMILES string of the molecule is CC1(C)CCCC2=C1C[C@H](C(=O)O)[C@H](C(=O)N1CCc3ccccc31)C2. The molecule has 2 aliphatic carbocycles. The third-order valence-corrected chi connectivity index (χ3v) is 6.69. The van der Waals surface area contributed by atoms with Crippen molar-refractivity contribution in [1.29, 1.82) is 0 Å². The van der Waals surface area contributed by atoms with Gasteiger partial charge in [0.1, 0.15) is 0 Å². The van der Waals surface area contributed by atoms with Crippen LogP contribution in [0, 0.1) is 17.3 Å². The molecule has 0 fully saturated rings. The molecule has 0 unspecified atom stereocenters. The summed E-state index contributed by atoms with van der Waals surface area (Å²) in [5, 5.41) is 9.86. The molecule has 4 heteroatoms. The van der Waals surface area contributed by atoms with Crippen molar-refractivity contribution in [1.82, 2.24) is 0 Å². The van der Waals surface area contributed by atoms with Gasteiger partial charge in [-0.25, -0.2) is 0 Å². The van der Waals surface area contributed by atoms with Gasteiger partial charge < -0.3 is 10.0 Å². The number of nitrogens with zero attached hydrogens (tertiary/aromatic N) is 1. The monoisotopic (exact) mass is 353 g/mol. The minimum absolute atomic E-state index is 0.00252. The standard InChI is InChI=1S/C22H27NO3/c1-22(2)10-5-7-15-12-16(17(21(25)26)13-18(15)22)20(24)23-11-9-14-6-3-4-8-19(14)23/h3-4,6,8,16-17H,5,7,9-13H2,1-2H3,(H,25,26)/t16-,17+/m1/s1. The first kappa shape index (κ1) is 17.3. The Morgan fingerprint density at radius 2 is 1.88 bits per heavy atom. The number of anilines is 1. The number of allylic oxidation sites excluding steroid dienone is 2. The summed E-state index contributed by atoms with van der Waals surface area (Å²) in [5.41, 5.74) is 4.87. The van der Waals surface area contributed by atoms with Crippen molar-refractivity contribution in [3.63, 3.8) is 0 Å². The fraction of sp³-hybridized carbons (Fsp3) is 0.545. The number of carboxylic acids is 1. The molecule has 26 heavy (non-hydrogen) atoms. The Hall–Kier alpha value is -2.10. The van der Waals surface area contributed by atoms with Crippen LogP contribution in [0.15, 0.2) is 35.4 Å². The lowest BCUT2D eigenvalue weighted by Crippen LogP contribution is -2.44. The highest BCUT2D eigenvalue weighted by molar-refractivity contribution is 5.99. The number of amides is 1. The summed E-state index contributed by atoms with van der Waals surface area (Å²) in [5.74, 6) is -1.88. The highest BCUT2D eigenvalue weighted by Crippen LogP contribution is 2.50. The van der Waals surface area contributed by atoms with Crippen LogP contribution in [0.3, 0.4) is 0 Å². The molecule has 4 nitrogen and oxygen atoms in total. The number of carbonyl (C=O) groups is 2. The molecule has 0 bridgehead atoms. The maximum atomic E-state index is 13.4. The van der Waals surface area contributed by atoms with Crippen LogP contribution in [-0.2, 0) is 16.0 Å². The predicted molar refractivity (Wildman–Crippen MR) is 101 cm³/mol. The molecule has 0 radical (unpaired) electrons. The number of hydrogen-bond donors (Lipinski definition) is 1. The Morgan fingerprint density at radius 3 is 2.65 bits per heavy atom. The second kappa shape index (κ2) is 6.26. The smallest absolute Gasteiger partial charge is 0.307 e. The van der Waals surface area contributed by atoms with Gasteiger partial charge in [0.05, 0.1) is 11.8 Å². The molecule has 1 heterocycles. The van der Waals surface area contributed by atoms with Gasteiger partial charge in [0.25, 0.3) is 0 Å². The number of hydrogen-bond acceptors (Lipinski definition) is 2. The van der Waals surface area contributed by atoms with Gasteiger partial charge in [-0.3, -0.25) is 9.59 Å². The van der Waals surface area contributed by atoms with Crippen molar-refractivity contribution < 1.29 is 14.7 Å². The largest absolute Gasteiger partial charge is 0.481 e. The van der Waals surface area contributed by atoms with E-state index in [1.54, 1.807) is 0 Å². The predicted octanol–water partition coefficient (Wildman–Crippen LogP) is 4.19. The molecule has 1 aliphatic heterocycles. The van der Waals surface area contributed by atoms with Gasteiger partial charge in [0.15, 0.2) is 0 Å². The van der Waals surface area contributed by atoms with Gasteiger partial charge in [0, 0.05) is 12.2 Å². The molecule has 0 saturated heterocycles. The Morgan fingerprint density at radius 1 is 1.12 bits per heavy atom. The summed E-state index contributed by atoms with van der Waals surface area (Å²) in [6.07, 6.45) is 5.27. The highest BCUT2D eigenvalue weighted by Gasteiger charge is 2.45. The fourth-order valence-electron chi connectivity index (χ4n) is 5.23. The van der Waals surface area contributed by atoms with Crippen LogP contribution in [-0.4, -0.2) is 23.5 Å². The lowest BCUT2D eigenvalue weighted by Gasteiger charge is -2.42. The first-order chi connectivity index (χ1) is 12.4. The number of rotatable bonds is 2. The Balaban J connectivity index is 1.66. The highest BCUT2D eigenvalue weighted by atomic mass is 16.4. The number of aliphatic carboxylic acids is 1. The van der Waals surface area contributed by atoms with Gasteiger partial charge >= 0.3 is 5.97 Å². The van der Waals surface area contributed by atoms with Crippen LogP contribution in [0.2, 0.25) is 0 Å². The zero-order valence-corrected chi connectivity index (χ0v) is 15.6. The first-order valence-electron chi connectivity index (χ1n) is 9.72. The van der Waals surface area contributed by atoms with Gasteiger partial charge in [-0.15, -0.1) is 0 Å². The van der Waals surface area contributed by atoms with Crippen molar-refractivity contribution in [3.8, 4) is 0 Å². The van der Waals surface area contributed by atoms with E-state index in [1.165, 1.54) is 16.7 Å². The Labute approximate surface area is 154 Å². The van der Waals surface area contributed by atoms with E-state index >= 15 is 0 Å². The summed E-state index contributed by atoms with van der Waals surface area (Å²) in [6, 6.07) is 7.98. The molecular formula is C22H27NO3. The van der Waals surface area contributed by atoms with Gasteiger partial charge in [-0.2, -0.15) is 0 Å². The van der Waals surface area contributed by atoms with Crippen molar-refractivity contribution in [3.05, 3.63) is 41.0 Å². The Kier molecular flexibility index (Phi) is 4.17. The van der Waals surface area contributed by atoms with Crippen LogP contribution < -0.4 is 4.90 Å². The van der Waals surface area contributed by atoms with E-state index in [2.05, 4.69) is 19.9 Å². The van der Waals surface area contributed by atoms with Gasteiger partial charge in [-0.05, 0) is 55.6 Å². The van der Waals surface area contributed by atoms with Crippen molar-refractivity contribution in [2.24, 2.45) is 17.3 Å². The van der Waals surface area contributed by atoms with Crippen LogP contribution in [0.1, 0.15) is 51.5 Å². The average molecular weight is 353 g/mol. The number of benzene rings is 1. The van der Waals surface area contributed by atoms with Gasteiger partial charge in [0.2, 0.25) is 5.91 Å². The molecule has 3 aliphatic rings. The lowest BCUT2D eigenvalue weighted by molar-refractivity contribution is -0.147. The topological polar surface area (TPSA) is 57.6 Å². The van der Waals surface area contributed by atoms with Crippen molar-refractivity contribution >= 4 is 17.6 Å². The summed E-state index contributed by atoms with van der Waals surface area (Å²) in [6.45, 7) is 5.11. The van der Waals surface area contributed by atoms with E-state index < -0.39 is 17.8 Å². The number of para-hydroxylation sites is 1. The van der Waals surface area contributed by atoms with Crippen LogP contribution in [0.5, 0.6) is 0 Å². The van der Waals surface area contributed by atoms with Crippen LogP contribution >= 0.6 is 0 Å². The molecule has 0 saturated carbocycles. The molecular weight excluding hydrogens is 326 g/mol. The fourth-order valence-corrected chi connectivity index (χ4v) is 5.23. The van der Waals surface area contributed by atoms with E-state index in [4.69, 9.17) is 0 Å². The van der Waals surface area contributed by atoms with Crippen molar-refractivity contribution in [2.45, 2.75) is 52.4 Å². The maximum Gasteiger partial charge on any atom is 0.307 e. The minimum Gasteiger partial charge on any atom is -0.481 e. The summed E-state index contributed by atoms with van der Waals surface area (Å²) in [4.78, 5) is 27.2. The number of carbonyl (C=O) groups excluding carboxylic acids is 1. The summed E-state index contributed by atoms with van der Waals surface area (Å²) in [7, 11) is 0. The van der Waals surface area contributed by atoms with Crippen molar-refractivity contribution in [2.75, 3.05) is 11.4 Å². The molecule has 0 spiro atoms. The number of carboxylic acid groups (broad SMARTS) is 1. The minimum atomic E-state index is -0.830. The molecule has 0 aromatic heterocycles.